The lowest BCUT2D eigenvalue weighted by Gasteiger charge is -2.28. The molecule has 0 saturated carbocycles. The predicted molar refractivity (Wildman–Crippen MR) is 91.2 cm³/mol. The summed E-state index contributed by atoms with van der Waals surface area (Å²) in [5.74, 6) is 1.81. The molecule has 1 saturated heterocycles. The SMILES string of the molecule is Clc1cccc2c1CCC2Nc1cc(N2CCOCC2)ncn1. The Kier molecular flexibility index (Phi) is 4.06. The molecule has 4 rings (SSSR count). The third-order valence-corrected chi connectivity index (χ3v) is 4.88. The normalized spacial score (nSPS) is 20.4. The zero-order valence-electron chi connectivity index (χ0n) is 12.8. The molecule has 0 bridgehead atoms. The van der Waals surface area contributed by atoms with Gasteiger partial charge in [0.15, 0.2) is 0 Å². The number of hydrogen-bond acceptors (Lipinski definition) is 5. The fourth-order valence-corrected chi connectivity index (χ4v) is 3.61. The van der Waals surface area contributed by atoms with E-state index < -0.39 is 0 Å². The quantitative estimate of drug-likeness (QED) is 0.937. The van der Waals surface area contributed by atoms with Gasteiger partial charge in [-0.2, -0.15) is 0 Å². The second-order valence-electron chi connectivity index (χ2n) is 5.90. The highest BCUT2D eigenvalue weighted by Gasteiger charge is 2.24. The van der Waals surface area contributed by atoms with Gasteiger partial charge in [0, 0.05) is 24.2 Å². The second kappa shape index (κ2) is 6.34. The van der Waals surface area contributed by atoms with Gasteiger partial charge >= 0.3 is 0 Å². The van der Waals surface area contributed by atoms with Gasteiger partial charge in [0.2, 0.25) is 0 Å². The summed E-state index contributed by atoms with van der Waals surface area (Å²) in [6, 6.07) is 8.41. The molecule has 6 heteroatoms. The van der Waals surface area contributed by atoms with Crippen molar-refractivity contribution >= 4 is 23.2 Å². The van der Waals surface area contributed by atoms with Crippen LogP contribution in [0, 0.1) is 0 Å². The maximum atomic E-state index is 6.29. The average molecular weight is 331 g/mol. The van der Waals surface area contributed by atoms with Crippen LogP contribution in [0.2, 0.25) is 5.02 Å². The third-order valence-electron chi connectivity index (χ3n) is 4.52. The zero-order valence-corrected chi connectivity index (χ0v) is 13.6. The molecule has 0 amide bonds. The van der Waals surface area contributed by atoms with Gasteiger partial charge in [-0.25, -0.2) is 9.97 Å². The molecule has 2 heterocycles. The van der Waals surface area contributed by atoms with E-state index in [0.29, 0.717) is 0 Å². The van der Waals surface area contributed by atoms with Gasteiger partial charge < -0.3 is 15.0 Å². The highest BCUT2D eigenvalue weighted by atomic mass is 35.5. The lowest BCUT2D eigenvalue weighted by atomic mass is 10.1. The molecule has 5 nitrogen and oxygen atoms in total. The monoisotopic (exact) mass is 330 g/mol. The first-order valence-electron chi connectivity index (χ1n) is 8.00. The summed E-state index contributed by atoms with van der Waals surface area (Å²) >= 11 is 6.29. The number of ether oxygens (including phenoxy) is 1. The summed E-state index contributed by atoms with van der Waals surface area (Å²) in [5, 5.41) is 4.40. The first-order valence-corrected chi connectivity index (χ1v) is 8.37. The molecule has 1 unspecified atom stereocenters. The largest absolute Gasteiger partial charge is 0.378 e. The van der Waals surface area contributed by atoms with Gasteiger partial charge in [-0.1, -0.05) is 23.7 Å². The topological polar surface area (TPSA) is 50.3 Å². The Morgan fingerprint density at radius 2 is 2.09 bits per heavy atom. The number of rotatable bonds is 3. The van der Waals surface area contributed by atoms with Crippen LogP contribution in [0.4, 0.5) is 11.6 Å². The molecular formula is C17H19ClN4O. The molecule has 1 atom stereocenters. The van der Waals surface area contributed by atoms with Crippen molar-refractivity contribution in [2.24, 2.45) is 0 Å². The van der Waals surface area contributed by atoms with Crippen LogP contribution in [0.25, 0.3) is 0 Å². The summed E-state index contributed by atoms with van der Waals surface area (Å²) in [5.41, 5.74) is 2.54. The Bertz CT molecular complexity index is 703. The van der Waals surface area contributed by atoms with E-state index in [1.54, 1.807) is 6.33 Å². The fourth-order valence-electron chi connectivity index (χ4n) is 3.33. The third kappa shape index (κ3) is 2.99. The standard InChI is InChI=1S/C17H19ClN4O/c18-14-3-1-2-13-12(14)4-5-15(13)21-16-10-17(20-11-19-16)22-6-8-23-9-7-22/h1-3,10-11,15H,4-9H2,(H,19,20,21). The molecule has 1 aliphatic carbocycles. The molecule has 1 aromatic carbocycles. The molecule has 0 spiro atoms. The Hall–Kier alpha value is -1.85. The molecule has 1 aromatic heterocycles. The number of morpholine rings is 1. The van der Waals surface area contributed by atoms with E-state index in [-0.39, 0.29) is 6.04 Å². The number of hydrogen-bond donors (Lipinski definition) is 1. The maximum absolute atomic E-state index is 6.29. The van der Waals surface area contributed by atoms with Crippen molar-refractivity contribution in [3.63, 3.8) is 0 Å². The van der Waals surface area contributed by atoms with Crippen LogP contribution in [0.3, 0.4) is 0 Å². The van der Waals surface area contributed by atoms with Gasteiger partial charge in [0.1, 0.15) is 18.0 Å². The van der Waals surface area contributed by atoms with Crippen molar-refractivity contribution in [2.45, 2.75) is 18.9 Å². The van der Waals surface area contributed by atoms with Crippen molar-refractivity contribution in [1.82, 2.24) is 9.97 Å². The molecule has 120 valence electrons. The van der Waals surface area contributed by atoms with E-state index in [0.717, 1.165) is 55.8 Å². The number of nitrogens with zero attached hydrogens (tertiary/aromatic N) is 3. The maximum Gasteiger partial charge on any atom is 0.134 e. The van der Waals surface area contributed by atoms with E-state index in [4.69, 9.17) is 16.3 Å². The molecule has 2 aromatic rings. The molecule has 1 fully saturated rings. The summed E-state index contributed by atoms with van der Waals surface area (Å²) in [4.78, 5) is 11.0. The highest BCUT2D eigenvalue weighted by molar-refractivity contribution is 6.31. The Labute approximate surface area is 140 Å². The molecule has 23 heavy (non-hydrogen) atoms. The van der Waals surface area contributed by atoms with Gasteiger partial charge in [0.05, 0.1) is 19.3 Å². The Morgan fingerprint density at radius 3 is 2.96 bits per heavy atom. The van der Waals surface area contributed by atoms with Gasteiger partial charge in [-0.15, -0.1) is 0 Å². The number of benzene rings is 1. The molecular weight excluding hydrogens is 312 g/mol. The summed E-state index contributed by atoms with van der Waals surface area (Å²) < 4.78 is 5.40. The Balaban J connectivity index is 1.53. The van der Waals surface area contributed by atoms with E-state index in [9.17, 15) is 0 Å². The van der Waals surface area contributed by atoms with Gasteiger partial charge in [0.25, 0.3) is 0 Å². The van der Waals surface area contributed by atoms with Crippen molar-refractivity contribution in [1.29, 1.82) is 0 Å². The van der Waals surface area contributed by atoms with Crippen LogP contribution in [-0.2, 0) is 11.2 Å². The minimum absolute atomic E-state index is 0.260. The van der Waals surface area contributed by atoms with Gasteiger partial charge in [-0.3, -0.25) is 0 Å². The second-order valence-corrected chi connectivity index (χ2v) is 6.31. The van der Waals surface area contributed by atoms with Crippen LogP contribution in [0.5, 0.6) is 0 Å². The van der Waals surface area contributed by atoms with E-state index in [1.807, 2.05) is 18.2 Å². The minimum Gasteiger partial charge on any atom is -0.378 e. The first kappa shape index (κ1) is 14.7. The van der Waals surface area contributed by atoms with E-state index in [1.165, 1.54) is 11.1 Å². The van der Waals surface area contributed by atoms with Crippen LogP contribution >= 0.6 is 11.6 Å². The molecule has 2 aliphatic rings. The van der Waals surface area contributed by atoms with E-state index in [2.05, 4.69) is 26.3 Å². The van der Waals surface area contributed by atoms with Crippen molar-refractivity contribution in [3.05, 3.63) is 46.7 Å². The minimum atomic E-state index is 0.260. The van der Waals surface area contributed by atoms with Crippen molar-refractivity contribution < 1.29 is 4.74 Å². The van der Waals surface area contributed by atoms with Crippen molar-refractivity contribution in [3.8, 4) is 0 Å². The van der Waals surface area contributed by atoms with Gasteiger partial charge in [-0.05, 0) is 30.0 Å². The van der Waals surface area contributed by atoms with Crippen LogP contribution in [-0.4, -0.2) is 36.3 Å². The lowest BCUT2D eigenvalue weighted by Crippen LogP contribution is -2.36. The number of anilines is 2. The van der Waals surface area contributed by atoms with Crippen LogP contribution < -0.4 is 10.2 Å². The Morgan fingerprint density at radius 1 is 1.22 bits per heavy atom. The first-order chi connectivity index (χ1) is 11.3. The molecule has 1 aliphatic heterocycles. The molecule has 1 N–H and O–H groups in total. The highest BCUT2D eigenvalue weighted by Crippen LogP contribution is 2.37. The number of halogens is 1. The average Bonchev–Trinajstić information content (AvgIpc) is 3.00. The summed E-state index contributed by atoms with van der Waals surface area (Å²) in [7, 11) is 0. The molecule has 0 radical (unpaired) electrons. The number of aromatic nitrogens is 2. The summed E-state index contributed by atoms with van der Waals surface area (Å²) in [6.07, 6.45) is 3.67. The van der Waals surface area contributed by atoms with Crippen molar-refractivity contribution in [2.75, 3.05) is 36.5 Å². The van der Waals surface area contributed by atoms with Crippen LogP contribution in [0.1, 0.15) is 23.6 Å². The van der Waals surface area contributed by atoms with Crippen LogP contribution in [0.15, 0.2) is 30.6 Å². The summed E-state index contributed by atoms with van der Waals surface area (Å²) in [6.45, 7) is 3.25. The zero-order chi connectivity index (χ0) is 15.6. The number of nitrogens with one attached hydrogen (secondary N) is 1. The number of fused-ring (bicyclic) bond motifs is 1. The smallest absolute Gasteiger partial charge is 0.134 e. The van der Waals surface area contributed by atoms with E-state index >= 15 is 0 Å². The fraction of sp³-hybridized carbons (Fsp3) is 0.412. The predicted octanol–water partition coefficient (Wildman–Crippen LogP) is 3.07. The lowest BCUT2D eigenvalue weighted by molar-refractivity contribution is 0.122.